The van der Waals surface area contributed by atoms with E-state index in [1.807, 2.05) is 33.0 Å². The summed E-state index contributed by atoms with van der Waals surface area (Å²) < 4.78 is 0.954. The molecule has 5 heteroatoms. The van der Waals surface area contributed by atoms with E-state index >= 15 is 0 Å². The Balaban J connectivity index is 2.36. The van der Waals surface area contributed by atoms with E-state index in [0.717, 1.165) is 34.5 Å². The highest BCUT2D eigenvalue weighted by Gasteiger charge is 2.10. The molecule has 2 rings (SSSR count). The third-order valence-corrected chi connectivity index (χ3v) is 3.47. The lowest BCUT2D eigenvalue weighted by molar-refractivity contribution is 0.774. The van der Waals surface area contributed by atoms with Gasteiger partial charge in [0.2, 0.25) is 0 Å². The van der Waals surface area contributed by atoms with Crippen molar-refractivity contribution in [2.45, 2.75) is 20.3 Å². The Morgan fingerprint density at radius 2 is 1.84 bits per heavy atom. The fourth-order valence-corrected chi connectivity index (χ4v) is 2.21. The zero-order valence-corrected chi connectivity index (χ0v) is 13.0. The van der Waals surface area contributed by atoms with Gasteiger partial charge in [-0.2, -0.15) is 0 Å². The Hall–Kier alpha value is -1.33. The first kappa shape index (κ1) is 14.1. The molecule has 0 bridgehead atoms. The molecule has 1 N–H and O–H groups in total. The standard InChI is InChI=1S/C14H17BrN4/c1-9-12(6-7-16-3)10(2)19-14(18-9)13-5-4-11(15)8-17-13/h4-5,8,16H,6-7H2,1-3H3. The van der Waals surface area contributed by atoms with Gasteiger partial charge in [-0.3, -0.25) is 4.98 Å². The van der Waals surface area contributed by atoms with E-state index in [0.29, 0.717) is 5.82 Å². The minimum absolute atomic E-state index is 0.690. The summed E-state index contributed by atoms with van der Waals surface area (Å²) in [6.45, 7) is 4.99. The molecule has 0 aliphatic rings. The molecule has 0 aliphatic carbocycles. The minimum Gasteiger partial charge on any atom is -0.319 e. The van der Waals surface area contributed by atoms with Crippen molar-refractivity contribution in [3.05, 3.63) is 39.8 Å². The second kappa shape index (κ2) is 6.21. The molecule has 100 valence electrons. The Bertz CT molecular complexity index is 543. The number of nitrogens with zero attached hydrogens (tertiary/aromatic N) is 3. The van der Waals surface area contributed by atoms with E-state index in [9.17, 15) is 0 Å². The predicted octanol–water partition coefficient (Wildman–Crippen LogP) is 2.68. The molecule has 2 aromatic heterocycles. The first-order valence-corrected chi connectivity index (χ1v) is 7.01. The number of halogens is 1. The highest BCUT2D eigenvalue weighted by Crippen LogP contribution is 2.18. The fraction of sp³-hybridized carbons (Fsp3) is 0.357. The molecule has 19 heavy (non-hydrogen) atoms. The van der Waals surface area contributed by atoms with Crippen LogP contribution in [0.1, 0.15) is 17.0 Å². The largest absolute Gasteiger partial charge is 0.319 e. The predicted molar refractivity (Wildman–Crippen MR) is 80.1 cm³/mol. The van der Waals surface area contributed by atoms with Crippen LogP contribution in [0.4, 0.5) is 0 Å². The van der Waals surface area contributed by atoms with Gasteiger partial charge in [0.25, 0.3) is 0 Å². The van der Waals surface area contributed by atoms with Gasteiger partial charge in [0, 0.05) is 22.1 Å². The van der Waals surface area contributed by atoms with Crippen LogP contribution in [0.2, 0.25) is 0 Å². The Morgan fingerprint density at radius 1 is 1.16 bits per heavy atom. The van der Waals surface area contributed by atoms with E-state index in [2.05, 4.69) is 36.2 Å². The first-order valence-electron chi connectivity index (χ1n) is 6.22. The van der Waals surface area contributed by atoms with Gasteiger partial charge in [0.05, 0.1) is 0 Å². The number of pyridine rings is 1. The molecule has 0 saturated carbocycles. The lowest BCUT2D eigenvalue weighted by Gasteiger charge is -2.10. The van der Waals surface area contributed by atoms with Crippen molar-refractivity contribution in [1.29, 1.82) is 0 Å². The molecular weight excluding hydrogens is 304 g/mol. The SMILES string of the molecule is CNCCc1c(C)nc(-c2ccc(Br)cn2)nc1C. The summed E-state index contributed by atoms with van der Waals surface area (Å²) in [6.07, 6.45) is 2.71. The third kappa shape index (κ3) is 3.36. The molecule has 4 nitrogen and oxygen atoms in total. The number of hydrogen-bond donors (Lipinski definition) is 1. The van der Waals surface area contributed by atoms with Crippen LogP contribution < -0.4 is 5.32 Å². The van der Waals surface area contributed by atoms with Crippen molar-refractivity contribution >= 4 is 15.9 Å². The first-order chi connectivity index (χ1) is 9.11. The molecular formula is C14H17BrN4. The molecule has 0 spiro atoms. The van der Waals surface area contributed by atoms with Crippen molar-refractivity contribution in [3.8, 4) is 11.5 Å². The molecule has 0 fully saturated rings. The van der Waals surface area contributed by atoms with E-state index in [1.54, 1.807) is 6.20 Å². The maximum atomic E-state index is 4.57. The van der Waals surface area contributed by atoms with Crippen molar-refractivity contribution in [2.75, 3.05) is 13.6 Å². The van der Waals surface area contributed by atoms with E-state index in [-0.39, 0.29) is 0 Å². The Morgan fingerprint density at radius 3 is 2.37 bits per heavy atom. The Labute approximate surface area is 121 Å². The maximum absolute atomic E-state index is 4.57. The zero-order valence-electron chi connectivity index (χ0n) is 11.4. The van der Waals surface area contributed by atoms with Crippen molar-refractivity contribution in [1.82, 2.24) is 20.3 Å². The van der Waals surface area contributed by atoms with Crippen LogP contribution in [0.25, 0.3) is 11.5 Å². The van der Waals surface area contributed by atoms with Gasteiger partial charge in [0.1, 0.15) is 5.69 Å². The zero-order chi connectivity index (χ0) is 13.8. The summed E-state index contributed by atoms with van der Waals surface area (Å²) in [5, 5.41) is 3.15. The fourth-order valence-electron chi connectivity index (χ4n) is 1.97. The minimum atomic E-state index is 0.690. The maximum Gasteiger partial charge on any atom is 0.178 e. The van der Waals surface area contributed by atoms with Crippen LogP contribution in [0, 0.1) is 13.8 Å². The van der Waals surface area contributed by atoms with Crippen LogP contribution in [0.3, 0.4) is 0 Å². The second-order valence-electron chi connectivity index (χ2n) is 4.41. The monoisotopic (exact) mass is 320 g/mol. The lowest BCUT2D eigenvalue weighted by Crippen LogP contribution is -2.13. The van der Waals surface area contributed by atoms with Crippen LogP contribution in [0.15, 0.2) is 22.8 Å². The summed E-state index contributed by atoms with van der Waals surface area (Å²) in [5.41, 5.74) is 4.08. The van der Waals surface area contributed by atoms with E-state index in [1.165, 1.54) is 5.56 Å². The topological polar surface area (TPSA) is 50.7 Å². The lowest BCUT2D eigenvalue weighted by atomic mass is 10.1. The number of aromatic nitrogens is 3. The normalized spacial score (nSPS) is 10.7. The quantitative estimate of drug-likeness (QED) is 0.941. The number of nitrogens with one attached hydrogen (secondary N) is 1. The average Bonchev–Trinajstić information content (AvgIpc) is 2.38. The Kier molecular flexibility index (Phi) is 4.61. The molecule has 0 amide bonds. The third-order valence-electron chi connectivity index (χ3n) is 3.00. The summed E-state index contributed by atoms with van der Waals surface area (Å²) in [4.78, 5) is 13.5. The molecule has 0 aromatic carbocycles. The van der Waals surface area contributed by atoms with Gasteiger partial charge >= 0.3 is 0 Å². The second-order valence-corrected chi connectivity index (χ2v) is 5.33. The van der Waals surface area contributed by atoms with Gasteiger partial charge in [-0.1, -0.05) is 0 Å². The van der Waals surface area contributed by atoms with E-state index < -0.39 is 0 Å². The van der Waals surface area contributed by atoms with Crippen LogP contribution in [-0.2, 0) is 6.42 Å². The number of rotatable bonds is 4. The summed E-state index contributed by atoms with van der Waals surface area (Å²) in [5.74, 6) is 0.690. The van der Waals surface area contributed by atoms with Gasteiger partial charge in [0.15, 0.2) is 5.82 Å². The smallest absolute Gasteiger partial charge is 0.178 e. The number of hydrogen-bond acceptors (Lipinski definition) is 4. The summed E-state index contributed by atoms with van der Waals surface area (Å²) in [7, 11) is 1.95. The highest BCUT2D eigenvalue weighted by atomic mass is 79.9. The van der Waals surface area contributed by atoms with Crippen LogP contribution in [0.5, 0.6) is 0 Å². The van der Waals surface area contributed by atoms with Gasteiger partial charge in [-0.15, -0.1) is 0 Å². The molecule has 0 saturated heterocycles. The van der Waals surface area contributed by atoms with Crippen LogP contribution in [-0.4, -0.2) is 28.5 Å². The molecule has 0 unspecified atom stereocenters. The van der Waals surface area contributed by atoms with Gasteiger partial charge < -0.3 is 5.32 Å². The molecule has 0 aliphatic heterocycles. The number of aryl methyl sites for hydroxylation is 2. The molecule has 0 atom stereocenters. The van der Waals surface area contributed by atoms with E-state index in [4.69, 9.17) is 0 Å². The van der Waals surface area contributed by atoms with Crippen molar-refractivity contribution in [2.24, 2.45) is 0 Å². The summed E-state index contributed by atoms with van der Waals surface area (Å²) >= 11 is 3.38. The molecule has 2 heterocycles. The van der Waals surface area contributed by atoms with Crippen LogP contribution >= 0.6 is 15.9 Å². The average molecular weight is 321 g/mol. The van der Waals surface area contributed by atoms with Gasteiger partial charge in [-0.25, -0.2) is 9.97 Å². The highest BCUT2D eigenvalue weighted by molar-refractivity contribution is 9.10. The van der Waals surface area contributed by atoms with Crippen molar-refractivity contribution in [3.63, 3.8) is 0 Å². The van der Waals surface area contributed by atoms with Gasteiger partial charge in [-0.05, 0) is 67.5 Å². The molecule has 2 aromatic rings. The number of likely N-dealkylation sites (N-methyl/N-ethyl adjacent to an activating group) is 1. The van der Waals surface area contributed by atoms with Crippen molar-refractivity contribution < 1.29 is 0 Å². The molecule has 0 radical (unpaired) electrons. The summed E-state index contributed by atoms with van der Waals surface area (Å²) in [6, 6.07) is 3.87.